The number of thioether (sulfide) groups is 1. The van der Waals surface area contributed by atoms with E-state index in [1.54, 1.807) is 31.3 Å². The summed E-state index contributed by atoms with van der Waals surface area (Å²) in [6.45, 7) is 2.21. The third-order valence-electron chi connectivity index (χ3n) is 3.38. The zero-order valence-electron chi connectivity index (χ0n) is 13.9. The lowest BCUT2D eigenvalue weighted by Crippen LogP contribution is -2.08. The van der Waals surface area contributed by atoms with Crippen LogP contribution in [0.5, 0.6) is 5.75 Å². The average molecular weight is 379 g/mol. The molecule has 2 heterocycles. The molecule has 132 valence electrons. The highest BCUT2D eigenvalue weighted by Gasteiger charge is 2.14. The molecule has 0 bridgehead atoms. The van der Waals surface area contributed by atoms with E-state index in [4.69, 9.17) is 10.5 Å². The predicted octanol–water partition coefficient (Wildman–Crippen LogP) is 2.55. The number of hydrogen-bond acceptors (Lipinski definition) is 7. The van der Waals surface area contributed by atoms with E-state index in [1.807, 2.05) is 35.8 Å². The summed E-state index contributed by atoms with van der Waals surface area (Å²) in [5.74, 6) is 2.12. The number of rotatable bonds is 6. The summed E-state index contributed by atoms with van der Waals surface area (Å²) in [5, 5.41) is 9.20. The smallest absolute Gasteiger partial charge is 0.196 e. The Morgan fingerprint density at radius 1 is 1.20 bits per heavy atom. The first-order valence-corrected chi connectivity index (χ1v) is 8.39. The average Bonchev–Trinajstić information content (AvgIpc) is 3.04. The molecule has 0 spiro atoms. The second-order valence-corrected chi connectivity index (χ2v) is 6.02. The van der Waals surface area contributed by atoms with Crippen LogP contribution in [-0.4, -0.2) is 31.8 Å². The van der Waals surface area contributed by atoms with Crippen LogP contribution in [0.15, 0.2) is 41.8 Å². The van der Waals surface area contributed by atoms with Crippen molar-refractivity contribution in [2.45, 2.75) is 24.4 Å². The quantitative estimate of drug-likeness (QED) is 0.659. The number of aryl methyl sites for hydroxylation is 1. The molecule has 0 fully saturated rings. The molecule has 3 rings (SSSR count). The summed E-state index contributed by atoms with van der Waals surface area (Å²) in [6.07, 6.45) is 3.53. The SMILES string of the molecule is COc1cccc(-n2c(CN)nnc2SCc2cnc(C)cn2)c1.Cl. The number of nitrogens with two attached hydrogens (primary N) is 1. The second-order valence-electron chi connectivity index (χ2n) is 5.08. The Labute approximate surface area is 156 Å². The Hall–Kier alpha value is -2.16. The Morgan fingerprint density at radius 3 is 2.72 bits per heavy atom. The summed E-state index contributed by atoms with van der Waals surface area (Å²) in [5.41, 5.74) is 8.51. The molecule has 0 aliphatic carbocycles. The van der Waals surface area contributed by atoms with Gasteiger partial charge in [-0.1, -0.05) is 17.8 Å². The van der Waals surface area contributed by atoms with E-state index in [1.165, 1.54) is 0 Å². The molecule has 2 N–H and O–H groups in total. The number of halogens is 1. The summed E-state index contributed by atoms with van der Waals surface area (Å²) in [6, 6.07) is 7.72. The molecular weight excluding hydrogens is 360 g/mol. The fourth-order valence-corrected chi connectivity index (χ4v) is 3.03. The molecule has 0 radical (unpaired) electrons. The van der Waals surface area contributed by atoms with E-state index in [9.17, 15) is 0 Å². The largest absolute Gasteiger partial charge is 0.497 e. The minimum Gasteiger partial charge on any atom is -0.497 e. The van der Waals surface area contributed by atoms with Crippen molar-refractivity contribution in [3.05, 3.63) is 53.9 Å². The monoisotopic (exact) mass is 378 g/mol. The molecule has 0 amide bonds. The highest BCUT2D eigenvalue weighted by Crippen LogP contribution is 2.26. The van der Waals surface area contributed by atoms with Crippen LogP contribution in [0.1, 0.15) is 17.2 Å². The molecule has 0 atom stereocenters. The lowest BCUT2D eigenvalue weighted by Gasteiger charge is -2.10. The molecule has 3 aromatic rings. The zero-order valence-corrected chi connectivity index (χ0v) is 15.5. The van der Waals surface area contributed by atoms with Gasteiger partial charge in [-0.25, -0.2) is 0 Å². The van der Waals surface area contributed by atoms with Gasteiger partial charge in [0.15, 0.2) is 11.0 Å². The minimum absolute atomic E-state index is 0. The molecule has 0 unspecified atom stereocenters. The second kappa shape index (κ2) is 8.80. The van der Waals surface area contributed by atoms with E-state index in [0.29, 0.717) is 18.1 Å². The Bertz CT molecular complexity index is 824. The number of hydrogen-bond donors (Lipinski definition) is 1. The van der Waals surface area contributed by atoms with Gasteiger partial charge in [0.05, 0.1) is 30.7 Å². The first kappa shape index (κ1) is 19.2. The summed E-state index contributed by atoms with van der Waals surface area (Å²) in [4.78, 5) is 8.63. The van der Waals surface area contributed by atoms with Gasteiger partial charge in [0.25, 0.3) is 0 Å². The van der Waals surface area contributed by atoms with Gasteiger partial charge < -0.3 is 10.5 Å². The van der Waals surface area contributed by atoms with Gasteiger partial charge in [-0.05, 0) is 19.1 Å². The molecule has 25 heavy (non-hydrogen) atoms. The van der Waals surface area contributed by atoms with Crippen molar-refractivity contribution in [2.24, 2.45) is 5.73 Å². The molecule has 1 aromatic carbocycles. The number of ether oxygens (including phenoxy) is 1. The summed E-state index contributed by atoms with van der Waals surface area (Å²) >= 11 is 1.54. The minimum atomic E-state index is 0. The first-order chi connectivity index (χ1) is 11.7. The lowest BCUT2D eigenvalue weighted by molar-refractivity contribution is 0.414. The van der Waals surface area contributed by atoms with Crippen LogP contribution in [0, 0.1) is 6.92 Å². The van der Waals surface area contributed by atoms with Crippen molar-refractivity contribution >= 4 is 24.2 Å². The van der Waals surface area contributed by atoms with Gasteiger partial charge in [0.1, 0.15) is 5.75 Å². The van der Waals surface area contributed by atoms with Crippen LogP contribution < -0.4 is 10.5 Å². The number of benzene rings is 1. The molecule has 0 aliphatic heterocycles. The molecule has 0 aliphatic rings. The predicted molar refractivity (Wildman–Crippen MR) is 99.4 cm³/mol. The van der Waals surface area contributed by atoms with E-state index in [-0.39, 0.29) is 12.4 Å². The fourth-order valence-electron chi connectivity index (χ4n) is 2.17. The van der Waals surface area contributed by atoms with Gasteiger partial charge in [-0.2, -0.15) is 0 Å². The molecular formula is C16H19ClN6OS. The van der Waals surface area contributed by atoms with Gasteiger partial charge in [-0.3, -0.25) is 14.5 Å². The van der Waals surface area contributed by atoms with E-state index >= 15 is 0 Å². The first-order valence-electron chi connectivity index (χ1n) is 7.40. The van der Waals surface area contributed by atoms with E-state index in [0.717, 1.165) is 28.0 Å². The maximum absolute atomic E-state index is 5.81. The van der Waals surface area contributed by atoms with Gasteiger partial charge in [0.2, 0.25) is 0 Å². The maximum Gasteiger partial charge on any atom is 0.196 e. The van der Waals surface area contributed by atoms with Crippen LogP contribution in [-0.2, 0) is 12.3 Å². The fraction of sp³-hybridized carbons (Fsp3) is 0.250. The Kier molecular flexibility index (Phi) is 6.74. The van der Waals surface area contributed by atoms with Gasteiger partial charge >= 0.3 is 0 Å². The van der Waals surface area contributed by atoms with Crippen molar-refractivity contribution in [3.63, 3.8) is 0 Å². The van der Waals surface area contributed by atoms with Crippen molar-refractivity contribution in [1.82, 2.24) is 24.7 Å². The molecule has 2 aromatic heterocycles. The van der Waals surface area contributed by atoms with E-state index < -0.39 is 0 Å². The van der Waals surface area contributed by atoms with Gasteiger partial charge in [0, 0.05) is 24.2 Å². The third kappa shape index (κ3) is 4.47. The summed E-state index contributed by atoms with van der Waals surface area (Å²) in [7, 11) is 1.64. The van der Waals surface area contributed by atoms with Crippen LogP contribution in [0.4, 0.5) is 0 Å². The number of methoxy groups -OCH3 is 1. The normalized spacial score (nSPS) is 10.4. The molecule has 0 saturated carbocycles. The van der Waals surface area contributed by atoms with Gasteiger partial charge in [-0.15, -0.1) is 22.6 Å². The molecule has 7 nitrogen and oxygen atoms in total. The topological polar surface area (TPSA) is 91.7 Å². The van der Waals surface area contributed by atoms with Crippen LogP contribution in [0.2, 0.25) is 0 Å². The zero-order chi connectivity index (χ0) is 16.9. The summed E-state index contributed by atoms with van der Waals surface area (Å²) < 4.78 is 7.24. The number of aromatic nitrogens is 5. The molecule has 9 heteroatoms. The highest BCUT2D eigenvalue weighted by molar-refractivity contribution is 7.98. The Balaban J connectivity index is 0.00000225. The van der Waals surface area contributed by atoms with E-state index in [2.05, 4.69) is 20.2 Å². The van der Waals surface area contributed by atoms with Crippen molar-refractivity contribution < 1.29 is 4.74 Å². The van der Waals surface area contributed by atoms with Crippen LogP contribution in [0.25, 0.3) is 5.69 Å². The van der Waals surface area contributed by atoms with Crippen molar-refractivity contribution in [2.75, 3.05) is 7.11 Å². The standard InChI is InChI=1S/C16H18N6OS.ClH/c1-11-8-19-12(9-18-11)10-24-16-21-20-15(7-17)22(16)13-4-3-5-14(6-13)23-2;/h3-6,8-9H,7,10,17H2,1-2H3;1H. The van der Waals surface area contributed by atoms with Crippen LogP contribution >= 0.6 is 24.2 Å². The Morgan fingerprint density at radius 2 is 2.04 bits per heavy atom. The van der Waals surface area contributed by atoms with Crippen LogP contribution in [0.3, 0.4) is 0 Å². The number of nitrogens with zero attached hydrogens (tertiary/aromatic N) is 5. The van der Waals surface area contributed by atoms with Crippen molar-refractivity contribution in [3.8, 4) is 11.4 Å². The highest BCUT2D eigenvalue weighted by atomic mass is 35.5. The lowest BCUT2D eigenvalue weighted by atomic mass is 10.3. The van der Waals surface area contributed by atoms with Crippen molar-refractivity contribution in [1.29, 1.82) is 0 Å². The maximum atomic E-state index is 5.81. The molecule has 0 saturated heterocycles. The third-order valence-corrected chi connectivity index (χ3v) is 4.34.